The predicted molar refractivity (Wildman–Crippen MR) is 54.6 cm³/mol. The van der Waals surface area contributed by atoms with Gasteiger partial charge in [0.1, 0.15) is 0 Å². The molecule has 0 saturated heterocycles. The van der Waals surface area contributed by atoms with Gasteiger partial charge in [-0.05, 0) is 23.8 Å². The van der Waals surface area contributed by atoms with E-state index in [2.05, 4.69) is 20.7 Å². The van der Waals surface area contributed by atoms with Gasteiger partial charge in [0, 0.05) is 4.47 Å². The van der Waals surface area contributed by atoms with Crippen molar-refractivity contribution in [3.8, 4) is 6.07 Å². The number of carbonyl (C=O) groups excluding carboxylic acids is 1. The van der Waals surface area contributed by atoms with Gasteiger partial charge in [0.25, 0.3) is 0 Å². The molecule has 0 radical (unpaired) electrons. The lowest BCUT2D eigenvalue weighted by Gasteiger charge is -2.02. The van der Waals surface area contributed by atoms with Gasteiger partial charge in [-0.2, -0.15) is 5.26 Å². The van der Waals surface area contributed by atoms with Crippen LogP contribution >= 0.6 is 15.9 Å². The topological polar surface area (TPSA) is 50.1 Å². The number of rotatable bonds is 2. The van der Waals surface area contributed by atoms with Crippen LogP contribution in [0.25, 0.3) is 0 Å². The molecule has 4 heteroatoms. The average Bonchev–Trinajstić information content (AvgIpc) is 2.18. The molecule has 0 heterocycles. The van der Waals surface area contributed by atoms with E-state index in [4.69, 9.17) is 5.26 Å². The van der Waals surface area contributed by atoms with Crippen molar-refractivity contribution < 1.29 is 9.53 Å². The molecule has 72 valence electrons. The summed E-state index contributed by atoms with van der Waals surface area (Å²) in [7, 11) is 1.33. The van der Waals surface area contributed by atoms with Crippen molar-refractivity contribution in [3.05, 3.63) is 33.8 Å². The first-order chi connectivity index (χ1) is 6.67. The highest BCUT2D eigenvalue weighted by molar-refractivity contribution is 9.10. The Kier molecular flexibility index (Phi) is 3.66. The largest absolute Gasteiger partial charge is 0.469 e. The molecule has 1 rings (SSSR count). The molecule has 0 aliphatic rings. The highest BCUT2D eigenvalue weighted by atomic mass is 79.9. The Hall–Kier alpha value is -1.34. The molecule has 0 saturated carbocycles. The fraction of sp³-hybridized carbons (Fsp3) is 0.200. The molecule has 0 atom stereocenters. The molecule has 1 aromatic rings. The Bertz CT molecular complexity index is 396. The maximum atomic E-state index is 11.0. The third-order valence-electron chi connectivity index (χ3n) is 1.75. The monoisotopic (exact) mass is 253 g/mol. The first-order valence-corrected chi connectivity index (χ1v) is 4.72. The van der Waals surface area contributed by atoms with E-state index in [1.165, 1.54) is 7.11 Å². The zero-order chi connectivity index (χ0) is 10.6. The molecule has 0 N–H and O–H groups in total. The Morgan fingerprint density at radius 2 is 2.36 bits per heavy atom. The molecule has 3 nitrogen and oxygen atoms in total. The molecule has 0 aliphatic carbocycles. The van der Waals surface area contributed by atoms with E-state index in [0.29, 0.717) is 11.1 Å². The second kappa shape index (κ2) is 4.77. The van der Waals surface area contributed by atoms with E-state index < -0.39 is 0 Å². The Morgan fingerprint density at radius 1 is 1.64 bits per heavy atom. The summed E-state index contributed by atoms with van der Waals surface area (Å²) in [5.41, 5.74) is 1.17. The van der Waals surface area contributed by atoms with E-state index in [-0.39, 0.29) is 12.4 Å². The minimum Gasteiger partial charge on any atom is -0.469 e. The van der Waals surface area contributed by atoms with Crippen LogP contribution in [0.4, 0.5) is 0 Å². The minimum absolute atomic E-state index is 0.124. The van der Waals surface area contributed by atoms with Crippen molar-refractivity contribution in [1.82, 2.24) is 0 Å². The molecule has 0 spiro atoms. The predicted octanol–water partition coefficient (Wildman–Crippen LogP) is 2.04. The third kappa shape index (κ3) is 2.57. The maximum Gasteiger partial charge on any atom is 0.310 e. The molecule has 0 unspecified atom stereocenters. The van der Waals surface area contributed by atoms with Crippen LogP contribution in [0.2, 0.25) is 0 Å². The van der Waals surface area contributed by atoms with E-state index in [9.17, 15) is 4.79 Å². The molecular formula is C10H8BrNO2. The van der Waals surface area contributed by atoms with Gasteiger partial charge in [-0.25, -0.2) is 0 Å². The molecule has 0 fully saturated rings. The van der Waals surface area contributed by atoms with Gasteiger partial charge in [0.2, 0.25) is 0 Å². The normalized spacial score (nSPS) is 9.21. The van der Waals surface area contributed by atoms with Crippen LogP contribution in [-0.2, 0) is 16.0 Å². The molecule has 0 aliphatic heterocycles. The highest BCUT2D eigenvalue weighted by Crippen LogP contribution is 2.16. The molecule has 14 heavy (non-hydrogen) atoms. The fourth-order valence-corrected chi connectivity index (χ4v) is 1.45. The maximum absolute atomic E-state index is 11.0. The van der Waals surface area contributed by atoms with E-state index >= 15 is 0 Å². The molecular weight excluding hydrogens is 246 g/mol. The molecule has 0 amide bonds. The summed E-state index contributed by atoms with van der Waals surface area (Å²) in [5.74, 6) is -0.348. The van der Waals surface area contributed by atoms with Crippen molar-refractivity contribution in [2.45, 2.75) is 6.42 Å². The molecule has 0 aromatic heterocycles. The summed E-state index contributed by atoms with van der Waals surface area (Å²) in [6, 6.07) is 7.20. The van der Waals surface area contributed by atoms with Crippen molar-refractivity contribution in [3.63, 3.8) is 0 Å². The van der Waals surface area contributed by atoms with Gasteiger partial charge in [-0.1, -0.05) is 15.9 Å². The lowest BCUT2D eigenvalue weighted by Crippen LogP contribution is -2.05. The lowest BCUT2D eigenvalue weighted by atomic mass is 10.1. The summed E-state index contributed by atoms with van der Waals surface area (Å²) in [6.07, 6.45) is 0.124. The Morgan fingerprint density at radius 3 is 2.93 bits per heavy atom. The van der Waals surface area contributed by atoms with Crippen LogP contribution in [0, 0.1) is 11.3 Å². The number of nitriles is 1. The Labute approximate surface area is 90.4 Å². The fourth-order valence-electron chi connectivity index (χ4n) is 1.05. The quantitative estimate of drug-likeness (QED) is 0.759. The number of ether oxygens (including phenoxy) is 1. The first-order valence-electron chi connectivity index (χ1n) is 3.92. The SMILES string of the molecule is COC(=O)Cc1cc(Br)ccc1C#N. The van der Waals surface area contributed by atoms with Crippen LogP contribution in [0.3, 0.4) is 0 Å². The number of esters is 1. The van der Waals surface area contributed by atoms with Crippen molar-refractivity contribution in [2.24, 2.45) is 0 Å². The van der Waals surface area contributed by atoms with Gasteiger partial charge >= 0.3 is 5.97 Å². The van der Waals surface area contributed by atoms with Gasteiger partial charge in [0.15, 0.2) is 0 Å². The zero-order valence-corrected chi connectivity index (χ0v) is 9.17. The second-order valence-corrected chi connectivity index (χ2v) is 3.58. The molecule has 1 aromatic carbocycles. The van der Waals surface area contributed by atoms with Crippen molar-refractivity contribution >= 4 is 21.9 Å². The van der Waals surface area contributed by atoms with Crippen LogP contribution in [-0.4, -0.2) is 13.1 Å². The highest BCUT2D eigenvalue weighted by Gasteiger charge is 2.08. The number of carbonyl (C=O) groups is 1. The number of hydrogen-bond donors (Lipinski definition) is 0. The number of methoxy groups -OCH3 is 1. The summed E-state index contributed by atoms with van der Waals surface area (Å²) in [5, 5.41) is 8.78. The zero-order valence-electron chi connectivity index (χ0n) is 7.58. The summed E-state index contributed by atoms with van der Waals surface area (Å²) < 4.78 is 5.37. The van der Waals surface area contributed by atoms with E-state index in [0.717, 1.165) is 4.47 Å². The number of hydrogen-bond acceptors (Lipinski definition) is 3. The van der Waals surface area contributed by atoms with Crippen LogP contribution in [0.5, 0.6) is 0 Å². The smallest absolute Gasteiger partial charge is 0.310 e. The van der Waals surface area contributed by atoms with Gasteiger partial charge in [-0.15, -0.1) is 0 Å². The Balaban J connectivity index is 3.00. The van der Waals surface area contributed by atoms with Gasteiger partial charge in [0.05, 0.1) is 25.2 Å². The number of halogens is 1. The number of benzene rings is 1. The van der Waals surface area contributed by atoms with Crippen LogP contribution in [0.15, 0.2) is 22.7 Å². The minimum atomic E-state index is -0.348. The lowest BCUT2D eigenvalue weighted by molar-refractivity contribution is -0.139. The summed E-state index contributed by atoms with van der Waals surface area (Å²) in [6.45, 7) is 0. The van der Waals surface area contributed by atoms with E-state index in [1.54, 1.807) is 18.2 Å². The average molecular weight is 254 g/mol. The first kappa shape index (κ1) is 10.7. The van der Waals surface area contributed by atoms with Crippen LogP contribution < -0.4 is 0 Å². The molecule has 0 bridgehead atoms. The van der Waals surface area contributed by atoms with Crippen molar-refractivity contribution in [2.75, 3.05) is 7.11 Å². The van der Waals surface area contributed by atoms with Crippen molar-refractivity contribution in [1.29, 1.82) is 5.26 Å². The summed E-state index contributed by atoms with van der Waals surface area (Å²) >= 11 is 3.28. The third-order valence-corrected chi connectivity index (χ3v) is 2.24. The van der Waals surface area contributed by atoms with E-state index in [1.807, 2.05) is 6.07 Å². The summed E-state index contributed by atoms with van der Waals surface area (Å²) in [4.78, 5) is 11.0. The standard InChI is InChI=1S/C10H8BrNO2/c1-14-10(13)5-8-4-9(11)3-2-7(8)6-12/h2-4H,5H2,1H3. The number of nitrogens with zero attached hydrogens (tertiary/aromatic N) is 1. The van der Waals surface area contributed by atoms with Crippen LogP contribution in [0.1, 0.15) is 11.1 Å². The van der Waals surface area contributed by atoms with Gasteiger partial charge in [-0.3, -0.25) is 4.79 Å². The second-order valence-electron chi connectivity index (χ2n) is 2.67. The van der Waals surface area contributed by atoms with Gasteiger partial charge < -0.3 is 4.74 Å².